The average molecular weight is 375 g/mol. The van der Waals surface area contributed by atoms with E-state index in [1.807, 2.05) is 18.2 Å². The van der Waals surface area contributed by atoms with Crippen LogP contribution in [-0.4, -0.2) is 11.4 Å². The van der Waals surface area contributed by atoms with Gasteiger partial charge < -0.3 is 11.5 Å². The molecule has 0 unspecified atom stereocenters. The minimum absolute atomic E-state index is 0.155. The number of hydrogen-bond acceptors (Lipinski definition) is 3. The Morgan fingerprint density at radius 1 is 0.704 bits per heavy atom. The molecular formula is C24H42N2O. The molecule has 0 aromatic heterocycles. The minimum atomic E-state index is -1.24. The average Bonchev–Trinajstić information content (AvgIpc) is 2.68. The second-order valence-corrected chi connectivity index (χ2v) is 8.08. The molecule has 0 amide bonds. The highest BCUT2D eigenvalue weighted by atomic mass is 16.1. The first kappa shape index (κ1) is 23.8. The topological polar surface area (TPSA) is 69.1 Å². The summed E-state index contributed by atoms with van der Waals surface area (Å²) in [5.74, 6) is -0.155. The van der Waals surface area contributed by atoms with Gasteiger partial charge in [0.2, 0.25) is 0 Å². The number of carbonyl (C=O) groups excluding carboxylic acids is 1. The monoisotopic (exact) mass is 374 g/mol. The second-order valence-electron chi connectivity index (χ2n) is 8.08. The van der Waals surface area contributed by atoms with E-state index < -0.39 is 5.66 Å². The molecule has 154 valence electrons. The third-order valence-electron chi connectivity index (χ3n) is 5.40. The molecule has 1 aromatic carbocycles. The summed E-state index contributed by atoms with van der Waals surface area (Å²) in [6.07, 6.45) is 19.0. The first-order chi connectivity index (χ1) is 13.1. The van der Waals surface area contributed by atoms with Crippen LogP contribution in [0.4, 0.5) is 0 Å². The summed E-state index contributed by atoms with van der Waals surface area (Å²) >= 11 is 0. The predicted molar refractivity (Wildman–Crippen MR) is 117 cm³/mol. The Balaban J connectivity index is 1.96. The van der Waals surface area contributed by atoms with Crippen LogP contribution in [0.2, 0.25) is 0 Å². The number of ketones is 1. The van der Waals surface area contributed by atoms with Crippen LogP contribution in [0.25, 0.3) is 0 Å². The molecule has 27 heavy (non-hydrogen) atoms. The fourth-order valence-corrected chi connectivity index (χ4v) is 3.58. The Morgan fingerprint density at radius 3 is 1.56 bits per heavy atom. The van der Waals surface area contributed by atoms with Gasteiger partial charge >= 0.3 is 0 Å². The molecule has 0 radical (unpaired) electrons. The summed E-state index contributed by atoms with van der Waals surface area (Å²) in [4.78, 5) is 12.4. The number of rotatable bonds is 17. The van der Waals surface area contributed by atoms with Gasteiger partial charge in [0.25, 0.3) is 0 Å². The van der Waals surface area contributed by atoms with E-state index >= 15 is 0 Å². The maximum absolute atomic E-state index is 12.4. The largest absolute Gasteiger partial charge is 0.307 e. The van der Waals surface area contributed by atoms with Gasteiger partial charge in [-0.3, -0.25) is 4.79 Å². The second kappa shape index (κ2) is 14.8. The maximum Gasteiger partial charge on any atom is 0.196 e. The van der Waals surface area contributed by atoms with E-state index in [0.29, 0.717) is 12.0 Å². The van der Waals surface area contributed by atoms with Gasteiger partial charge in [-0.05, 0) is 12.8 Å². The first-order valence-corrected chi connectivity index (χ1v) is 11.3. The van der Waals surface area contributed by atoms with Crippen molar-refractivity contribution in [1.29, 1.82) is 0 Å². The molecule has 0 saturated heterocycles. The standard InChI is InChI=1S/C24H42N2O/c1-2-3-4-5-6-7-8-9-10-11-12-13-14-18-21-24(25,26)23(27)22-19-16-15-17-20-22/h15-17,19-20H,2-14,18,21,25-26H2,1H3. The molecule has 0 fully saturated rings. The van der Waals surface area contributed by atoms with Crippen LogP contribution in [-0.2, 0) is 0 Å². The number of unbranched alkanes of at least 4 members (excludes halogenated alkanes) is 13. The summed E-state index contributed by atoms with van der Waals surface area (Å²) < 4.78 is 0. The zero-order valence-electron chi connectivity index (χ0n) is 17.6. The third-order valence-corrected chi connectivity index (χ3v) is 5.40. The van der Waals surface area contributed by atoms with Crippen molar-refractivity contribution < 1.29 is 4.79 Å². The van der Waals surface area contributed by atoms with E-state index in [0.717, 1.165) is 12.8 Å². The first-order valence-electron chi connectivity index (χ1n) is 11.3. The molecule has 1 rings (SSSR count). The van der Waals surface area contributed by atoms with Crippen LogP contribution < -0.4 is 11.5 Å². The number of benzene rings is 1. The lowest BCUT2D eigenvalue weighted by atomic mass is 9.93. The van der Waals surface area contributed by atoms with Crippen LogP contribution in [0.5, 0.6) is 0 Å². The Hall–Kier alpha value is -1.19. The van der Waals surface area contributed by atoms with E-state index in [4.69, 9.17) is 11.5 Å². The van der Waals surface area contributed by atoms with Crippen molar-refractivity contribution >= 4 is 5.78 Å². The normalized spacial score (nSPS) is 11.7. The van der Waals surface area contributed by atoms with Crippen molar-refractivity contribution in [1.82, 2.24) is 0 Å². The van der Waals surface area contributed by atoms with E-state index in [1.54, 1.807) is 12.1 Å². The van der Waals surface area contributed by atoms with Crippen molar-refractivity contribution in [3.63, 3.8) is 0 Å². The van der Waals surface area contributed by atoms with Crippen molar-refractivity contribution in [2.75, 3.05) is 0 Å². The van der Waals surface area contributed by atoms with Gasteiger partial charge in [0.1, 0.15) is 5.66 Å². The molecule has 4 N–H and O–H groups in total. The minimum Gasteiger partial charge on any atom is -0.307 e. The molecule has 0 aliphatic carbocycles. The molecule has 0 aliphatic rings. The van der Waals surface area contributed by atoms with Gasteiger partial charge in [-0.2, -0.15) is 0 Å². The summed E-state index contributed by atoms with van der Waals surface area (Å²) in [6, 6.07) is 9.13. The van der Waals surface area contributed by atoms with E-state index in [9.17, 15) is 4.79 Å². The highest BCUT2D eigenvalue weighted by Crippen LogP contribution is 2.16. The molecule has 0 bridgehead atoms. The summed E-state index contributed by atoms with van der Waals surface area (Å²) in [5, 5.41) is 0. The lowest BCUT2D eigenvalue weighted by Crippen LogP contribution is -2.56. The van der Waals surface area contributed by atoms with Crippen molar-refractivity contribution in [2.24, 2.45) is 11.5 Å². The zero-order valence-corrected chi connectivity index (χ0v) is 17.6. The van der Waals surface area contributed by atoms with Crippen LogP contribution in [0, 0.1) is 0 Å². The number of carbonyl (C=O) groups is 1. The van der Waals surface area contributed by atoms with Crippen LogP contribution in [0.1, 0.15) is 114 Å². The zero-order chi connectivity index (χ0) is 19.8. The lowest BCUT2D eigenvalue weighted by molar-refractivity contribution is 0.0881. The number of hydrogen-bond donors (Lipinski definition) is 2. The van der Waals surface area contributed by atoms with Gasteiger partial charge in [0.05, 0.1) is 0 Å². The number of nitrogens with two attached hydrogens (primary N) is 2. The molecular weight excluding hydrogens is 332 g/mol. The van der Waals surface area contributed by atoms with Gasteiger partial charge in [0.15, 0.2) is 5.78 Å². The lowest BCUT2D eigenvalue weighted by Gasteiger charge is -2.23. The van der Waals surface area contributed by atoms with E-state index in [2.05, 4.69) is 6.92 Å². The quantitative estimate of drug-likeness (QED) is 0.189. The highest BCUT2D eigenvalue weighted by molar-refractivity contribution is 6.02. The molecule has 0 spiro atoms. The summed E-state index contributed by atoms with van der Waals surface area (Å²) in [6.45, 7) is 2.27. The highest BCUT2D eigenvalue weighted by Gasteiger charge is 2.29. The molecule has 3 heteroatoms. The Kier molecular flexibility index (Phi) is 13.1. The summed E-state index contributed by atoms with van der Waals surface area (Å²) in [5.41, 5.74) is 11.5. The van der Waals surface area contributed by atoms with Crippen LogP contribution in [0.3, 0.4) is 0 Å². The van der Waals surface area contributed by atoms with Crippen LogP contribution >= 0.6 is 0 Å². The SMILES string of the molecule is CCCCCCCCCCCCCCCCC(N)(N)C(=O)c1ccccc1. The van der Waals surface area contributed by atoms with E-state index in [1.165, 1.54) is 77.0 Å². The molecule has 1 aromatic rings. The third kappa shape index (κ3) is 11.3. The molecule has 0 atom stereocenters. The van der Waals surface area contributed by atoms with E-state index in [-0.39, 0.29) is 5.78 Å². The van der Waals surface area contributed by atoms with Crippen molar-refractivity contribution in [3.8, 4) is 0 Å². The van der Waals surface area contributed by atoms with Gasteiger partial charge in [-0.1, -0.05) is 121 Å². The Bertz CT molecular complexity index is 484. The van der Waals surface area contributed by atoms with Gasteiger partial charge in [-0.15, -0.1) is 0 Å². The molecule has 3 nitrogen and oxygen atoms in total. The Labute approximate surface area is 167 Å². The fraction of sp³-hybridized carbons (Fsp3) is 0.708. The Morgan fingerprint density at radius 2 is 1.11 bits per heavy atom. The van der Waals surface area contributed by atoms with Crippen molar-refractivity contribution in [3.05, 3.63) is 35.9 Å². The maximum atomic E-state index is 12.4. The van der Waals surface area contributed by atoms with Gasteiger partial charge in [-0.25, -0.2) is 0 Å². The fourth-order valence-electron chi connectivity index (χ4n) is 3.58. The van der Waals surface area contributed by atoms with Crippen LogP contribution in [0.15, 0.2) is 30.3 Å². The van der Waals surface area contributed by atoms with Crippen molar-refractivity contribution in [2.45, 2.75) is 109 Å². The van der Waals surface area contributed by atoms with Gasteiger partial charge in [0, 0.05) is 5.56 Å². The molecule has 0 saturated carbocycles. The smallest absolute Gasteiger partial charge is 0.196 e. The number of Topliss-reactive ketones (excluding diaryl/α,β-unsaturated/α-hetero) is 1. The molecule has 0 aliphatic heterocycles. The molecule has 0 heterocycles. The predicted octanol–water partition coefficient (Wildman–Crippen LogP) is 6.35. The summed E-state index contributed by atoms with van der Waals surface area (Å²) in [7, 11) is 0.